The minimum Gasteiger partial charge on any atom is -0.211 e. The lowest BCUT2D eigenvalue weighted by atomic mass is 10.0. The quantitative estimate of drug-likeness (QED) is 0.876. The van der Waals surface area contributed by atoms with Gasteiger partial charge in [-0.3, -0.25) is 0 Å². The minimum atomic E-state index is -3.49. The maximum atomic E-state index is 12.3. The molecule has 0 radical (unpaired) electrons. The largest absolute Gasteiger partial charge is 0.240 e. The lowest BCUT2D eigenvalue weighted by molar-refractivity contribution is 0.449. The van der Waals surface area contributed by atoms with Gasteiger partial charge < -0.3 is 0 Å². The van der Waals surface area contributed by atoms with E-state index >= 15 is 0 Å². The molecule has 5 heteroatoms. The Bertz CT molecular complexity index is 640. The van der Waals surface area contributed by atoms with E-state index in [0.717, 1.165) is 25.7 Å². The van der Waals surface area contributed by atoms with Crippen molar-refractivity contribution in [1.29, 1.82) is 5.26 Å². The lowest BCUT2D eigenvalue weighted by Crippen LogP contribution is -2.30. The Labute approximate surface area is 120 Å². The third kappa shape index (κ3) is 3.20. The van der Waals surface area contributed by atoms with Crippen molar-refractivity contribution in [3.63, 3.8) is 0 Å². The van der Waals surface area contributed by atoms with Gasteiger partial charge in [0.05, 0.1) is 16.5 Å². The second-order valence-electron chi connectivity index (χ2n) is 5.67. The molecule has 1 fully saturated rings. The number of hydrogen-bond donors (Lipinski definition) is 1. The second kappa shape index (κ2) is 5.55. The predicted octanol–water partition coefficient (Wildman–Crippen LogP) is 2.73. The third-order valence-corrected chi connectivity index (χ3v) is 5.53. The molecule has 4 nitrogen and oxygen atoms in total. The van der Waals surface area contributed by atoms with Gasteiger partial charge in [0.25, 0.3) is 0 Å². The molecule has 20 heavy (non-hydrogen) atoms. The molecular weight excluding hydrogens is 272 g/mol. The number of hydrogen-bond acceptors (Lipinski definition) is 3. The maximum absolute atomic E-state index is 12.3. The smallest absolute Gasteiger partial charge is 0.211 e. The molecule has 0 heterocycles. The number of sulfonamides is 1. The first-order valence-electron chi connectivity index (χ1n) is 6.93. The van der Waals surface area contributed by atoms with Gasteiger partial charge in [-0.1, -0.05) is 13.3 Å². The summed E-state index contributed by atoms with van der Waals surface area (Å²) in [5.74, 6) is 0. The summed E-state index contributed by atoms with van der Waals surface area (Å²) in [6, 6.07) is 6.67. The molecule has 0 amide bonds. The average molecular weight is 292 g/mol. The summed E-state index contributed by atoms with van der Waals surface area (Å²) in [4.78, 5) is 0.267. The summed E-state index contributed by atoms with van der Waals surface area (Å²) >= 11 is 0. The van der Waals surface area contributed by atoms with Crippen LogP contribution in [0.5, 0.6) is 0 Å². The van der Waals surface area contributed by atoms with Gasteiger partial charge in [0, 0.05) is 6.54 Å². The van der Waals surface area contributed by atoms with Crippen molar-refractivity contribution in [2.24, 2.45) is 5.41 Å². The Morgan fingerprint density at radius 1 is 1.40 bits per heavy atom. The van der Waals surface area contributed by atoms with Gasteiger partial charge in [-0.15, -0.1) is 0 Å². The van der Waals surface area contributed by atoms with Gasteiger partial charge in [0.15, 0.2) is 0 Å². The number of nitriles is 1. The van der Waals surface area contributed by atoms with Crippen LogP contribution in [0.1, 0.15) is 43.7 Å². The number of aryl methyl sites for hydroxylation is 1. The zero-order valence-electron chi connectivity index (χ0n) is 11.9. The first-order valence-corrected chi connectivity index (χ1v) is 8.41. The molecule has 1 N–H and O–H groups in total. The Morgan fingerprint density at radius 2 is 2.10 bits per heavy atom. The molecule has 1 aromatic carbocycles. The minimum absolute atomic E-state index is 0.183. The Balaban J connectivity index is 2.13. The molecule has 0 aromatic heterocycles. The van der Waals surface area contributed by atoms with Crippen LogP contribution in [0.4, 0.5) is 0 Å². The molecule has 1 aliphatic carbocycles. The molecule has 1 aromatic rings. The van der Waals surface area contributed by atoms with Crippen LogP contribution in [0.3, 0.4) is 0 Å². The van der Waals surface area contributed by atoms with Crippen molar-refractivity contribution in [3.05, 3.63) is 29.3 Å². The summed E-state index contributed by atoms with van der Waals surface area (Å²) in [6.07, 6.45) is 4.37. The first kappa shape index (κ1) is 15.0. The van der Waals surface area contributed by atoms with Crippen LogP contribution in [0.15, 0.2) is 23.1 Å². The SMILES string of the molecule is CCCC1(CNS(=O)(=O)c2ccc(C#N)cc2C)CC1. The fourth-order valence-corrected chi connectivity index (χ4v) is 3.95. The second-order valence-corrected chi connectivity index (χ2v) is 7.40. The third-order valence-electron chi connectivity index (χ3n) is 3.97. The summed E-state index contributed by atoms with van der Waals surface area (Å²) in [5.41, 5.74) is 1.27. The van der Waals surface area contributed by atoms with Gasteiger partial charge in [-0.05, 0) is 55.4 Å². The van der Waals surface area contributed by atoms with Crippen molar-refractivity contribution >= 4 is 10.0 Å². The van der Waals surface area contributed by atoms with Gasteiger partial charge in [-0.25, -0.2) is 13.1 Å². The van der Waals surface area contributed by atoms with Crippen LogP contribution in [0.25, 0.3) is 0 Å². The molecule has 2 rings (SSSR count). The molecule has 1 aliphatic rings. The van der Waals surface area contributed by atoms with E-state index in [1.807, 2.05) is 6.07 Å². The summed E-state index contributed by atoms with van der Waals surface area (Å²) in [7, 11) is -3.49. The van der Waals surface area contributed by atoms with Crippen LogP contribution in [-0.4, -0.2) is 15.0 Å². The zero-order chi connectivity index (χ0) is 14.8. The summed E-state index contributed by atoms with van der Waals surface area (Å²) in [5, 5.41) is 8.82. The highest BCUT2D eigenvalue weighted by molar-refractivity contribution is 7.89. The summed E-state index contributed by atoms with van der Waals surface area (Å²) in [6.45, 7) is 4.36. The van der Waals surface area contributed by atoms with Crippen molar-refractivity contribution in [2.75, 3.05) is 6.54 Å². The topological polar surface area (TPSA) is 70.0 Å². The van der Waals surface area contributed by atoms with Crippen LogP contribution in [0, 0.1) is 23.7 Å². The number of rotatable bonds is 6. The number of nitrogens with zero attached hydrogens (tertiary/aromatic N) is 1. The average Bonchev–Trinajstić information content (AvgIpc) is 3.17. The van der Waals surface area contributed by atoms with E-state index in [4.69, 9.17) is 5.26 Å². The predicted molar refractivity (Wildman–Crippen MR) is 77.7 cm³/mol. The highest BCUT2D eigenvalue weighted by Crippen LogP contribution is 2.49. The number of nitrogens with one attached hydrogen (secondary N) is 1. The van der Waals surface area contributed by atoms with Gasteiger partial charge in [0.2, 0.25) is 10.0 Å². The molecule has 0 saturated heterocycles. The van der Waals surface area contributed by atoms with E-state index in [0.29, 0.717) is 17.7 Å². The van der Waals surface area contributed by atoms with Gasteiger partial charge >= 0.3 is 0 Å². The Hall–Kier alpha value is -1.38. The molecule has 0 bridgehead atoms. The molecule has 108 valence electrons. The lowest BCUT2D eigenvalue weighted by Gasteiger charge is -2.16. The zero-order valence-corrected chi connectivity index (χ0v) is 12.8. The van der Waals surface area contributed by atoms with E-state index in [9.17, 15) is 8.42 Å². The molecule has 0 aliphatic heterocycles. The fourth-order valence-electron chi connectivity index (χ4n) is 2.57. The molecular formula is C15H20N2O2S. The molecule has 1 saturated carbocycles. The summed E-state index contributed by atoms with van der Waals surface area (Å²) < 4.78 is 27.4. The van der Waals surface area contributed by atoms with Gasteiger partial charge in [0.1, 0.15) is 0 Å². The van der Waals surface area contributed by atoms with E-state index in [2.05, 4.69) is 11.6 Å². The molecule has 0 spiro atoms. The van der Waals surface area contributed by atoms with E-state index < -0.39 is 10.0 Å². The fraction of sp³-hybridized carbons (Fsp3) is 0.533. The van der Waals surface area contributed by atoms with Crippen LogP contribution < -0.4 is 4.72 Å². The van der Waals surface area contributed by atoms with Crippen molar-refractivity contribution in [3.8, 4) is 6.07 Å². The Morgan fingerprint density at radius 3 is 2.60 bits per heavy atom. The van der Waals surface area contributed by atoms with E-state index in [1.54, 1.807) is 19.1 Å². The maximum Gasteiger partial charge on any atom is 0.240 e. The Kier molecular flexibility index (Phi) is 4.17. The highest BCUT2D eigenvalue weighted by atomic mass is 32.2. The van der Waals surface area contributed by atoms with E-state index in [1.165, 1.54) is 6.07 Å². The highest BCUT2D eigenvalue weighted by Gasteiger charge is 2.42. The van der Waals surface area contributed by atoms with Crippen LogP contribution in [-0.2, 0) is 10.0 Å². The van der Waals surface area contributed by atoms with E-state index in [-0.39, 0.29) is 10.3 Å². The molecule has 0 atom stereocenters. The number of benzene rings is 1. The van der Waals surface area contributed by atoms with Crippen LogP contribution >= 0.6 is 0 Å². The van der Waals surface area contributed by atoms with Crippen molar-refractivity contribution in [2.45, 2.75) is 44.4 Å². The van der Waals surface area contributed by atoms with Gasteiger partial charge in [-0.2, -0.15) is 5.26 Å². The normalized spacial score (nSPS) is 16.6. The molecule has 0 unspecified atom stereocenters. The van der Waals surface area contributed by atoms with Crippen LogP contribution in [0.2, 0.25) is 0 Å². The van der Waals surface area contributed by atoms with Crippen molar-refractivity contribution < 1.29 is 8.42 Å². The van der Waals surface area contributed by atoms with Crippen molar-refractivity contribution in [1.82, 2.24) is 4.72 Å². The first-order chi connectivity index (χ1) is 9.42. The standard InChI is InChI=1S/C15H20N2O2S/c1-3-6-15(7-8-15)11-17-20(18,19)14-5-4-13(10-16)9-12(14)2/h4-5,9,17H,3,6-8,11H2,1-2H3. The monoisotopic (exact) mass is 292 g/mol.